The van der Waals surface area contributed by atoms with Crippen molar-refractivity contribution >= 4 is 52.7 Å². The highest BCUT2D eigenvalue weighted by molar-refractivity contribution is 6.38. The zero-order valence-electron chi connectivity index (χ0n) is 19.6. The van der Waals surface area contributed by atoms with E-state index in [0.29, 0.717) is 34.3 Å². The summed E-state index contributed by atoms with van der Waals surface area (Å²) in [5, 5.41) is 6.69. The third-order valence-corrected chi connectivity index (χ3v) is 6.64. The number of aromatic nitrogens is 2. The summed E-state index contributed by atoms with van der Waals surface area (Å²) in [5.41, 5.74) is 4.33. The van der Waals surface area contributed by atoms with E-state index in [9.17, 15) is 9.59 Å². The maximum Gasteiger partial charge on any atom is 0.251 e. The molecule has 0 aliphatic carbocycles. The Kier molecular flexibility index (Phi) is 9.01. The SMILES string of the molecule is O=C(/C=C/c1ccc(C(=O)NCc2ccccn2)cc1)NCc1cccn1-c1ccc(Cl)c(CCl)c1Cl. The van der Waals surface area contributed by atoms with Crippen LogP contribution in [-0.4, -0.2) is 21.4 Å². The number of pyridine rings is 1. The molecule has 6 nitrogen and oxygen atoms in total. The molecule has 4 rings (SSSR count). The van der Waals surface area contributed by atoms with E-state index >= 15 is 0 Å². The standard InChI is InChI=1S/C28H23Cl3N4O2/c29-16-23-24(30)11-12-25(27(23)31)35-15-3-5-22(35)18-33-26(36)13-8-19-6-9-20(10-7-19)28(37)34-17-21-4-1-2-14-32-21/h1-15H,16-18H2,(H,33,36)(H,34,37)/b13-8+. The van der Waals surface area contributed by atoms with Crippen molar-refractivity contribution in [3.8, 4) is 5.69 Å². The number of alkyl halides is 1. The highest BCUT2D eigenvalue weighted by Gasteiger charge is 2.13. The van der Waals surface area contributed by atoms with Crippen molar-refractivity contribution in [2.45, 2.75) is 19.0 Å². The van der Waals surface area contributed by atoms with Crippen molar-refractivity contribution in [3.05, 3.63) is 123 Å². The molecule has 37 heavy (non-hydrogen) atoms. The number of hydrogen-bond acceptors (Lipinski definition) is 3. The van der Waals surface area contributed by atoms with Gasteiger partial charge in [0.25, 0.3) is 5.91 Å². The molecule has 2 aromatic heterocycles. The summed E-state index contributed by atoms with van der Waals surface area (Å²) < 4.78 is 1.89. The lowest BCUT2D eigenvalue weighted by atomic mass is 10.1. The Balaban J connectivity index is 1.33. The molecular formula is C28H23Cl3N4O2. The second-order valence-electron chi connectivity index (χ2n) is 8.04. The number of benzene rings is 2. The number of carbonyl (C=O) groups is 2. The second-order valence-corrected chi connectivity index (χ2v) is 9.09. The molecule has 0 fully saturated rings. The predicted molar refractivity (Wildman–Crippen MR) is 148 cm³/mol. The van der Waals surface area contributed by atoms with Crippen LogP contribution in [0.1, 0.15) is 32.9 Å². The second kappa shape index (κ2) is 12.6. The number of amides is 2. The summed E-state index contributed by atoms with van der Waals surface area (Å²) in [7, 11) is 0. The Labute approximate surface area is 229 Å². The third kappa shape index (κ3) is 6.80. The summed E-state index contributed by atoms with van der Waals surface area (Å²) in [6, 6.07) is 19.9. The maximum absolute atomic E-state index is 12.4. The number of nitrogens with zero attached hydrogens (tertiary/aromatic N) is 2. The fraction of sp³-hybridized carbons (Fsp3) is 0.107. The molecule has 0 spiro atoms. The van der Waals surface area contributed by atoms with Crippen LogP contribution in [0.4, 0.5) is 0 Å². The van der Waals surface area contributed by atoms with Crippen molar-refractivity contribution < 1.29 is 9.59 Å². The normalized spacial score (nSPS) is 11.0. The molecule has 4 aromatic rings. The van der Waals surface area contributed by atoms with Gasteiger partial charge in [0.15, 0.2) is 0 Å². The van der Waals surface area contributed by atoms with Gasteiger partial charge in [-0.2, -0.15) is 0 Å². The van der Waals surface area contributed by atoms with Gasteiger partial charge >= 0.3 is 0 Å². The van der Waals surface area contributed by atoms with Crippen molar-refractivity contribution in [1.82, 2.24) is 20.2 Å². The summed E-state index contributed by atoms with van der Waals surface area (Å²) in [6.45, 7) is 0.643. The van der Waals surface area contributed by atoms with Gasteiger partial charge in [-0.15, -0.1) is 11.6 Å². The van der Waals surface area contributed by atoms with Crippen LogP contribution in [0.3, 0.4) is 0 Å². The molecule has 2 amide bonds. The van der Waals surface area contributed by atoms with Crippen molar-refractivity contribution in [2.75, 3.05) is 0 Å². The van der Waals surface area contributed by atoms with Gasteiger partial charge in [0, 0.05) is 40.3 Å². The van der Waals surface area contributed by atoms with Crippen molar-refractivity contribution in [2.24, 2.45) is 0 Å². The first-order chi connectivity index (χ1) is 18.0. The highest BCUT2D eigenvalue weighted by Crippen LogP contribution is 2.32. The van der Waals surface area contributed by atoms with Gasteiger partial charge in [-0.05, 0) is 60.2 Å². The number of nitrogens with one attached hydrogen (secondary N) is 2. The van der Waals surface area contributed by atoms with Crippen LogP contribution in [0.2, 0.25) is 10.0 Å². The Morgan fingerprint density at radius 2 is 1.73 bits per heavy atom. The molecule has 0 saturated carbocycles. The van der Waals surface area contributed by atoms with Gasteiger partial charge in [-0.3, -0.25) is 14.6 Å². The van der Waals surface area contributed by atoms with Crippen LogP contribution in [0, 0.1) is 0 Å². The van der Waals surface area contributed by atoms with Crippen molar-refractivity contribution in [3.63, 3.8) is 0 Å². The average molecular weight is 554 g/mol. The zero-order valence-corrected chi connectivity index (χ0v) is 21.9. The average Bonchev–Trinajstić information content (AvgIpc) is 3.39. The fourth-order valence-electron chi connectivity index (χ4n) is 3.62. The van der Waals surface area contributed by atoms with E-state index in [1.165, 1.54) is 6.08 Å². The van der Waals surface area contributed by atoms with Crippen molar-refractivity contribution in [1.29, 1.82) is 0 Å². The number of halogens is 3. The van der Waals surface area contributed by atoms with E-state index in [2.05, 4.69) is 15.6 Å². The van der Waals surface area contributed by atoms with E-state index in [1.807, 2.05) is 47.2 Å². The van der Waals surface area contributed by atoms with Crippen LogP contribution in [0.5, 0.6) is 0 Å². The number of carbonyl (C=O) groups excluding carboxylic acids is 2. The molecule has 2 heterocycles. The summed E-state index contributed by atoms with van der Waals surface area (Å²) in [6.07, 6.45) is 6.68. The Bertz CT molecular complexity index is 1420. The van der Waals surface area contributed by atoms with Crippen LogP contribution in [-0.2, 0) is 23.8 Å². The lowest BCUT2D eigenvalue weighted by Gasteiger charge is -2.14. The van der Waals surface area contributed by atoms with E-state index in [-0.39, 0.29) is 17.7 Å². The minimum atomic E-state index is -0.256. The molecule has 188 valence electrons. The first kappa shape index (κ1) is 26.5. The molecule has 0 atom stereocenters. The van der Waals surface area contributed by atoms with Crippen LogP contribution in [0.15, 0.2) is 85.2 Å². The van der Waals surface area contributed by atoms with E-state index in [1.54, 1.807) is 42.6 Å². The highest BCUT2D eigenvalue weighted by atomic mass is 35.5. The molecule has 0 aliphatic rings. The third-order valence-electron chi connectivity index (χ3n) is 5.59. The molecule has 0 aliphatic heterocycles. The zero-order chi connectivity index (χ0) is 26.2. The van der Waals surface area contributed by atoms with Crippen LogP contribution < -0.4 is 10.6 Å². The largest absolute Gasteiger partial charge is 0.347 e. The Hall–Kier alpha value is -3.58. The van der Waals surface area contributed by atoms with Gasteiger partial charge in [-0.1, -0.05) is 41.4 Å². The molecule has 0 bridgehead atoms. The monoisotopic (exact) mass is 552 g/mol. The summed E-state index contributed by atoms with van der Waals surface area (Å²) in [5.74, 6) is -0.255. The predicted octanol–water partition coefficient (Wildman–Crippen LogP) is 6.18. The summed E-state index contributed by atoms with van der Waals surface area (Å²) in [4.78, 5) is 29.0. The minimum absolute atomic E-state index is 0.194. The minimum Gasteiger partial charge on any atom is -0.347 e. The van der Waals surface area contributed by atoms with E-state index < -0.39 is 0 Å². The smallest absolute Gasteiger partial charge is 0.251 e. The molecule has 0 unspecified atom stereocenters. The lowest BCUT2D eigenvalue weighted by Crippen LogP contribution is -2.23. The van der Waals surface area contributed by atoms with Gasteiger partial charge < -0.3 is 15.2 Å². The topological polar surface area (TPSA) is 76.0 Å². The maximum atomic E-state index is 12.4. The van der Waals surface area contributed by atoms with Gasteiger partial charge in [0.1, 0.15) is 0 Å². The van der Waals surface area contributed by atoms with Gasteiger partial charge in [0.05, 0.1) is 35.4 Å². The first-order valence-electron chi connectivity index (χ1n) is 11.4. The molecule has 9 heteroatoms. The number of hydrogen-bond donors (Lipinski definition) is 2. The Morgan fingerprint density at radius 1 is 0.919 bits per heavy atom. The summed E-state index contributed by atoms with van der Waals surface area (Å²) >= 11 is 18.7. The lowest BCUT2D eigenvalue weighted by molar-refractivity contribution is -0.116. The molecule has 2 N–H and O–H groups in total. The molecular weight excluding hydrogens is 531 g/mol. The fourth-order valence-corrected chi connectivity index (χ4v) is 4.63. The first-order valence-corrected chi connectivity index (χ1v) is 12.7. The van der Waals surface area contributed by atoms with Crippen LogP contribution in [0.25, 0.3) is 11.8 Å². The van der Waals surface area contributed by atoms with Crippen LogP contribution >= 0.6 is 34.8 Å². The van der Waals surface area contributed by atoms with E-state index in [4.69, 9.17) is 34.8 Å². The number of rotatable bonds is 9. The Morgan fingerprint density at radius 3 is 2.46 bits per heavy atom. The quantitative estimate of drug-likeness (QED) is 0.192. The molecule has 0 radical (unpaired) electrons. The van der Waals surface area contributed by atoms with E-state index in [0.717, 1.165) is 22.6 Å². The van der Waals surface area contributed by atoms with Gasteiger partial charge in [0.2, 0.25) is 5.91 Å². The molecule has 0 saturated heterocycles. The van der Waals surface area contributed by atoms with Gasteiger partial charge in [-0.25, -0.2) is 0 Å². The molecule has 2 aromatic carbocycles.